The minimum atomic E-state index is -0.616. The quantitative estimate of drug-likeness (QED) is 0.616. The molecule has 6 nitrogen and oxygen atoms in total. The van der Waals surface area contributed by atoms with E-state index in [9.17, 15) is 9.59 Å². The Labute approximate surface area is 163 Å². The number of carbonyl (C=O) groups excluding carboxylic acids is 2. The van der Waals surface area contributed by atoms with Gasteiger partial charge < -0.3 is 9.47 Å². The molecule has 3 aromatic rings. The number of anilines is 1. The van der Waals surface area contributed by atoms with Gasteiger partial charge in [0.2, 0.25) is 5.78 Å². The second kappa shape index (κ2) is 9.32. The third-order valence-corrected chi connectivity index (χ3v) is 3.89. The molecule has 0 unspecified atom stereocenters. The maximum atomic E-state index is 12.7. The van der Waals surface area contributed by atoms with Crippen LogP contribution in [0.1, 0.15) is 28.5 Å². The zero-order chi connectivity index (χ0) is 19.8. The highest BCUT2D eigenvalue weighted by Gasteiger charge is 2.15. The van der Waals surface area contributed by atoms with Gasteiger partial charge in [0, 0.05) is 11.8 Å². The number of nitrogens with zero attached hydrogens (tertiary/aromatic N) is 1. The molecule has 142 valence electrons. The van der Waals surface area contributed by atoms with Crippen LogP contribution < -0.4 is 10.1 Å². The summed E-state index contributed by atoms with van der Waals surface area (Å²) >= 11 is 0. The fourth-order valence-electron chi connectivity index (χ4n) is 2.55. The molecule has 6 heteroatoms. The Morgan fingerprint density at radius 3 is 2.50 bits per heavy atom. The Morgan fingerprint density at radius 1 is 1.00 bits per heavy atom. The lowest BCUT2D eigenvalue weighted by Crippen LogP contribution is -2.15. The molecule has 3 rings (SSSR count). The van der Waals surface area contributed by atoms with Crippen LogP contribution in [0.4, 0.5) is 10.5 Å². The normalized spacial score (nSPS) is 10.2. The topological polar surface area (TPSA) is 77.5 Å². The zero-order valence-electron chi connectivity index (χ0n) is 15.4. The van der Waals surface area contributed by atoms with Gasteiger partial charge in [-0.15, -0.1) is 0 Å². The summed E-state index contributed by atoms with van der Waals surface area (Å²) in [6.45, 7) is 2.28. The summed E-state index contributed by atoms with van der Waals surface area (Å²) in [7, 11) is 0. The molecule has 1 heterocycles. The molecule has 2 aromatic carbocycles. The molecule has 1 N–H and O–H groups in total. The highest BCUT2D eigenvalue weighted by molar-refractivity contribution is 6.08. The van der Waals surface area contributed by atoms with Gasteiger partial charge in [-0.25, -0.2) is 4.79 Å². The SMILES string of the molecule is CCOC(=O)Nc1cc(C(=O)c2ccccn2)ccc1OCc1ccccc1. The van der Waals surface area contributed by atoms with E-state index in [1.807, 2.05) is 30.3 Å². The molecule has 28 heavy (non-hydrogen) atoms. The molecule has 0 atom stereocenters. The zero-order valence-corrected chi connectivity index (χ0v) is 15.4. The number of carbonyl (C=O) groups is 2. The standard InChI is InChI=1S/C22H20N2O4/c1-2-27-22(26)24-19-14-17(21(25)18-10-6-7-13-23-18)11-12-20(19)28-15-16-8-4-3-5-9-16/h3-14H,2,15H2,1H3,(H,24,26). The number of rotatable bonds is 7. The van der Waals surface area contributed by atoms with Crippen LogP contribution in [-0.4, -0.2) is 23.5 Å². The number of amides is 1. The van der Waals surface area contributed by atoms with E-state index < -0.39 is 6.09 Å². The summed E-state index contributed by atoms with van der Waals surface area (Å²) in [5.41, 5.74) is 2.05. The van der Waals surface area contributed by atoms with Crippen molar-refractivity contribution in [3.05, 3.63) is 89.7 Å². The Morgan fingerprint density at radius 2 is 1.79 bits per heavy atom. The maximum Gasteiger partial charge on any atom is 0.411 e. The van der Waals surface area contributed by atoms with Crippen LogP contribution >= 0.6 is 0 Å². The van der Waals surface area contributed by atoms with Gasteiger partial charge in [-0.1, -0.05) is 36.4 Å². The van der Waals surface area contributed by atoms with Crippen molar-refractivity contribution >= 4 is 17.6 Å². The van der Waals surface area contributed by atoms with E-state index in [2.05, 4.69) is 10.3 Å². The largest absolute Gasteiger partial charge is 0.487 e. The van der Waals surface area contributed by atoms with Gasteiger partial charge in [0.05, 0.1) is 12.3 Å². The molecule has 0 radical (unpaired) electrons. The summed E-state index contributed by atoms with van der Waals surface area (Å²) in [6.07, 6.45) is 0.942. The first-order valence-electron chi connectivity index (χ1n) is 8.87. The van der Waals surface area contributed by atoms with Crippen LogP contribution in [-0.2, 0) is 11.3 Å². The van der Waals surface area contributed by atoms with E-state index in [1.54, 1.807) is 49.5 Å². The molecule has 1 amide bonds. The van der Waals surface area contributed by atoms with Crippen LogP contribution in [0.25, 0.3) is 0 Å². The summed E-state index contributed by atoms with van der Waals surface area (Å²) < 4.78 is 10.8. The highest BCUT2D eigenvalue weighted by atomic mass is 16.5. The van der Waals surface area contributed by atoms with Crippen LogP contribution in [0, 0.1) is 0 Å². The van der Waals surface area contributed by atoms with Gasteiger partial charge in [0.1, 0.15) is 18.1 Å². The number of pyridine rings is 1. The summed E-state index contributed by atoms with van der Waals surface area (Å²) in [5.74, 6) is 0.191. The number of ether oxygens (including phenoxy) is 2. The second-order valence-corrected chi connectivity index (χ2v) is 5.87. The fraction of sp³-hybridized carbons (Fsp3) is 0.136. The van der Waals surface area contributed by atoms with E-state index in [-0.39, 0.29) is 12.4 Å². The molecular formula is C22H20N2O4. The Hall–Kier alpha value is -3.67. The van der Waals surface area contributed by atoms with Crippen molar-refractivity contribution in [2.45, 2.75) is 13.5 Å². The number of aromatic nitrogens is 1. The van der Waals surface area contributed by atoms with Gasteiger partial charge in [-0.2, -0.15) is 0 Å². The minimum Gasteiger partial charge on any atom is -0.487 e. The first-order valence-corrected chi connectivity index (χ1v) is 8.87. The molecule has 0 spiro atoms. The monoisotopic (exact) mass is 376 g/mol. The molecule has 0 saturated carbocycles. The Balaban J connectivity index is 1.85. The van der Waals surface area contributed by atoms with Crippen LogP contribution in [0.2, 0.25) is 0 Å². The minimum absolute atomic E-state index is 0.235. The van der Waals surface area contributed by atoms with Crippen molar-refractivity contribution in [2.24, 2.45) is 0 Å². The van der Waals surface area contributed by atoms with Gasteiger partial charge in [-0.3, -0.25) is 15.1 Å². The summed E-state index contributed by atoms with van der Waals surface area (Å²) in [4.78, 5) is 28.6. The second-order valence-electron chi connectivity index (χ2n) is 5.87. The molecular weight excluding hydrogens is 356 g/mol. The van der Waals surface area contributed by atoms with Crippen molar-refractivity contribution < 1.29 is 19.1 Å². The van der Waals surface area contributed by atoms with Crippen LogP contribution in [0.3, 0.4) is 0 Å². The van der Waals surface area contributed by atoms with Crippen molar-refractivity contribution in [3.63, 3.8) is 0 Å². The van der Waals surface area contributed by atoms with E-state index in [4.69, 9.17) is 9.47 Å². The number of ketones is 1. The average Bonchev–Trinajstić information content (AvgIpc) is 2.74. The van der Waals surface area contributed by atoms with Crippen molar-refractivity contribution in [1.29, 1.82) is 0 Å². The summed E-state index contributed by atoms with van der Waals surface area (Å²) in [5, 5.41) is 2.64. The van der Waals surface area contributed by atoms with Gasteiger partial charge >= 0.3 is 6.09 Å². The lowest BCUT2D eigenvalue weighted by molar-refractivity contribution is 0.103. The molecule has 0 aliphatic rings. The number of nitrogens with one attached hydrogen (secondary N) is 1. The Bertz CT molecular complexity index is 943. The van der Waals surface area contributed by atoms with E-state index in [0.717, 1.165) is 5.56 Å². The molecule has 0 fully saturated rings. The first kappa shape index (κ1) is 19.1. The lowest BCUT2D eigenvalue weighted by Gasteiger charge is -2.14. The predicted octanol–water partition coefficient (Wildman–Crippen LogP) is 4.46. The molecule has 0 bridgehead atoms. The van der Waals surface area contributed by atoms with Gasteiger partial charge in [-0.05, 0) is 42.8 Å². The molecule has 0 saturated heterocycles. The van der Waals surface area contributed by atoms with Crippen LogP contribution in [0.5, 0.6) is 5.75 Å². The van der Waals surface area contributed by atoms with Crippen molar-refractivity contribution in [2.75, 3.05) is 11.9 Å². The van der Waals surface area contributed by atoms with E-state index in [0.29, 0.717) is 29.3 Å². The third-order valence-electron chi connectivity index (χ3n) is 3.89. The molecule has 0 aliphatic carbocycles. The maximum absolute atomic E-state index is 12.7. The molecule has 1 aromatic heterocycles. The van der Waals surface area contributed by atoms with E-state index in [1.165, 1.54) is 0 Å². The lowest BCUT2D eigenvalue weighted by atomic mass is 10.1. The number of hydrogen-bond acceptors (Lipinski definition) is 5. The highest BCUT2D eigenvalue weighted by Crippen LogP contribution is 2.28. The smallest absolute Gasteiger partial charge is 0.411 e. The number of hydrogen-bond donors (Lipinski definition) is 1. The summed E-state index contributed by atoms with van der Waals surface area (Å²) in [6, 6.07) is 19.6. The van der Waals surface area contributed by atoms with Crippen LogP contribution in [0.15, 0.2) is 72.9 Å². The Kier molecular flexibility index (Phi) is 6.36. The van der Waals surface area contributed by atoms with Gasteiger partial charge in [0.25, 0.3) is 0 Å². The molecule has 0 aliphatic heterocycles. The third kappa shape index (κ3) is 4.94. The van der Waals surface area contributed by atoms with E-state index >= 15 is 0 Å². The van der Waals surface area contributed by atoms with Crippen molar-refractivity contribution in [3.8, 4) is 5.75 Å². The predicted molar refractivity (Wildman–Crippen MR) is 106 cm³/mol. The average molecular weight is 376 g/mol. The van der Waals surface area contributed by atoms with Gasteiger partial charge in [0.15, 0.2) is 0 Å². The fourth-order valence-corrected chi connectivity index (χ4v) is 2.55. The van der Waals surface area contributed by atoms with Crippen molar-refractivity contribution in [1.82, 2.24) is 4.98 Å². The first-order chi connectivity index (χ1) is 13.7. The number of benzene rings is 2.